The fourth-order valence-electron chi connectivity index (χ4n) is 3.18. The lowest BCUT2D eigenvalue weighted by Crippen LogP contribution is -2.40. The summed E-state index contributed by atoms with van der Waals surface area (Å²) in [7, 11) is 0. The van der Waals surface area contributed by atoms with E-state index in [9.17, 15) is 22.8 Å². The van der Waals surface area contributed by atoms with Gasteiger partial charge in [-0.25, -0.2) is 0 Å². The summed E-state index contributed by atoms with van der Waals surface area (Å²) >= 11 is 0. The molecule has 1 aliphatic carbocycles. The van der Waals surface area contributed by atoms with Crippen LogP contribution in [0, 0.1) is 5.92 Å². The Hall–Kier alpha value is -1.80. The first-order chi connectivity index (χ1) is 12.2. The summed E-state index contributed by atoms with van der Waals surface area (Å²) in [6.45, 7) is 1.25. The minimum absolute atomic E-state index is 0. The van der Waals surface area contributed by atoms with Gasteiger partial charge in [-0.2, -0.15) is 13.2 Å². The minimum atomic E-state index is -4.90. The van der Waals surface area contributed by atoms with E-state index in [1.165, 1.54) is 6.92 Å². The third-order valence-electron chi connectivity index (χ3n) is 4.56. The highest BCUT2D eigenvalue weighted by atomic mass is 35.5. The van der Waals surface area contributed by atoms with Crippen molar-refractivity contribution in [1.82, 2.24) is 4.90 Å². The van der Waals surface area contributed by atoms with E-state index in [4.69, 9.17) is 5.73 Å². The summed E-state index contributed by atoms with van der Waals surface area (Å²) in [6, 6.07) is 6.55. The van der Waals surface area contributed by atoms with E-state index in [1.54, 1.807) is 24.3 Å². The molecule has 1 aromatic rings. The first kappa shape index (κ1) is 23.2. The molecule has 2 atom stereocenters. The molecule has 0 saturated heterocycles. The second-order valence-electron chi connectivity index (χ2n) is 6.63. The van der Waals surface area contributed by atoms with E-state index in [2.05, 4.69) is 5.32 Å². The highest BCUT2D eigenvalue weighted by molar-refractivity contribution is 5.92. The van der Waals surface area contributed by atoms with Gasteiger partial charge in [-0.3, -0.25) is 9.59 Å². The number of nitrogens with two attached hydrogens (primary N) is 1. The predicted molar refractivity (Wildman–Crippen MR) is 99.4 cm³/mol. The van der Waals surface area contributed by atoms with E-state index in [0.717, 1.165) is 24.2 Å². The quantitative estimate of drug-likeness (QED) is 0.784. The lowest BCUT2D eigenvalue weighted by atomic mass is 9.85. The van der Waals surface area contributed by atoms with Gasteiger partial charge in [0.2, 0.25) is 5.91 Å². The molecule has 2 unspecified atom stereocenters. The normalized spacial score (nSPS) is 19.7. The molecule has 152 valence electrons. The first-order valence-corrected chi connectivity index (χ1v) is 8.72. The third kappa shape index (κ3) is 6.70. The Morgan fingerprint density at radius 1 is 1.30 bits per heavy atom. The number of anilines is 1. The van der Waals surface area contributed by atoms with E-state index in [0.29, 0.717) is 17.7 Å². The van der Waals surface area contributed by atoms with Gasteiger partial charge in [-0.05, 0) is 43.9 Å². The lowest BCUT2D eigenvalue weighted by Gasteiger charge is -2.26. The van der Waals surface area contributed by atoms with Crippen LogP contribution in [0.1, 0.15) is 38.2 Å². The summed E-state index contributed by atoms with van der Waals surface area (Å²) < 4.78 is 37.9. The number of hydrogen-bond donors (Lipinski definition) is 2. The standard InChI is InChI=1S/C18H24F3N3O2.ClH/c1-2-24(17(26)18(19,20)21)11-12-5-3-8-15(9-12)23-16(25)13-6-4-7-14(22)10-13;/h3,5,8-9,13-14H,2,4,6-7,10-11,22H2,1H3,(H,23,25);1H. The molecule has 0 aromatic heterocycles. The molecule has 0 bridgehead atoms. The van der Waals surface area contributed by atoms with Crippen molar-refractivity contribution in [3.8, 4) is 0 Å². The zero-order valence-corrected chi connectivity index (χ0v) is 15.9. The number of hydrogen-bond acceptors (Lipinski definition) is 3. The van der Waals surface area contributed by atoms with E-state index >= 15 is 0 Å². The monoisotopic (exact) mass is 407 g/mol. The molecule has 1 aromatic carbocycles. The van der Waals surface area contributed by atoms with Crippen molar-refractivity contribution in [2.45, 2.75) is 51.4 Å². The van der Waals surface area contributed by atoms with Gasteiger partial charge in [0.1, 0.15) is 0 Å². The van der Waals surface area contributed by atoms with Crippen molar-refractivity contribution >= 4 is 29.9 Å². The van der Waals surface area contributed by atoms with Crippen LogP contribution >= 0.6 is 12.4 Å². The van der Waals surface area contributed by atoms with Gasteiger partial charge in [0, 0.05) is 30.7 Å². The van der Waals surface area contributed by atoms with Crippen LogP contribution in [0.25, 0.3) is 0 Å². The first-order valence-electron chi connectivity index (χ1n) is 8.72. The van der Waals surface area contributed by atoms with Crippen LogP contribution in [0.4, 0.5) is 18.9 Å². The Labute approximate surface area is 162 Å². The SMILES string of the molecule is CCN(Cc1cccc(NC(=O)C2CCCC(N)C2)c1)C(=O)C(F)(F)F.Cl. The zero-order valence-electron chi connectivity index (χ0n) is 15.1. The average molecular weight is 408 g/mol. The number of nitrogens with one attached hydrogen (secondary N) is 1. The molecule has 5 nitrogen and oxygen atoms in total. The van der Waals surface area contributed by atoms with E-state index < -0.39 is 12.1 Å². The van der Waals surface area contributed by atoms with Crippen LogP contribution in [0.5, 0.6) is 0 Å². The second-order valence-corrected chi connectivity index (χ2v) is 6.63. The fourth-order valence-corrected chi connectivity index (χ4v) is 3.18. The predicted octanol–water partition coefficient (Wildman–Crippen LogP) is 3.48. The molecule has 1 aliphatic rings. The van der Waals surface area contributed by atoms with Gasteiger partial charge >= 0.3 is 12.1 Å². The number of rotatable bonds is 5. The molecule has 1 saturated carbocycles. The minimum Gasteiger partial charge on any atom is -0.331 e. The number of carbonyl (C=O) groups is 2. The van der Waals surface area contributed by atoms with Crippen LogP contribution < -0.4 is 11.1 Å². The maximum Gasteiger partial charge on any atom is 0.471 e. The van der Waals surface area contributed by atoms with Crippen LogP contribution in [0.3, 0.4) is 0 Å². The largest absolute Gasteiger partial charge is 0.471 e. The second kappa shape index (κ2) is 9.94. The summed E-state index contributed by atoms with van der Waals surface area (Å²) in [5.41, 5.74) is 6.92. The molecule has 9 heteroatoms. The Bertz CT molecular complexity index is 655. The van der Waals surface area contributed by atoms with Crippen molar-refractivity contribution < 1.29 is 22.8 Å². The molecule has 0 radical (unpaired) electrons. The average Bonchev–Trinajstić information content (AvgIpc) is 2.58. The highest BCUT2D eigenvalue weighted by Gasteiger charge is 2.41. The summed E-state index contributed by atoms with van der Waals surface area (Å²) in [5, 5.41) is 2.80. The third-order valence-corrected chi connectivity index (χ3v) is 4.56. The van der Waals surface area contributed by atoms with Gasteiger partial charge in [0.05, 0.1) is 0 Å². The summed E-state index contributed by atoms with van der Waals surface area (Å²) in [6.07, 6.45) is -1.66. The van der Waals surface area contributed by atoms with Crippen LogP contribution in [0.2, 0.25) is 0 Å². The van der Waals surface area contributed by atoms with Crippen LogP contribution in [0.15, 0.2) is 24.3 Å². The molecule has 27 heavy (non-hydrogen) atoms. The van der Waals surface area contributed by atoms with Gasteiger partial charge in [0.15, 0.2) is 0 Å². The number of alkyl halides is 3. The van der Waals surface area contributed by atoms with E-state index in [1.807, 2.05) is 0 Å². The number of carbonyl (C=O) groups excluding carboxylic acids is 2. The van der Waals surface area contributed by atoms with Crippen molar-refractivity contribution in [1.29, 1.82) is 0 Å². The van der Waals surface area contributed by atoms with Crippen molar-refractivity contribution in [3.05, 3.63) is 29.8 Å². The molecule has 3 N–H and O–H groups in total. The Balaban J connectivity index is 0.00000364. The molecule has 2 rings (SSSR count). The fraction of sp³-hybridized carbons (Fsp3) is 0.556. The smallest absolute Gasteiger partial charge is 0.331 e. The van der Waals surface area contributed by atoms with Gasteiger partial charge in [-0.15, -0.1) is 12.4 Å². The maximum absolute atomic E-state index is 12.6. The van der Waals surface area contributed by atoms with Gasteiger partial charge < -0.3 is 16.0 Å². The topological polar surface area (TPSA) is 75.4 Å². The zero-order chi connectivity index (χ0) is 19.3. The van der Waals surface area contributed by atoms with E-state index in [-0.39, 0.29) is 43.4 Å². The summed E-state index contributed by atoms with van der Waals surface area (Å²) in [5.74, 6) is -2.15. The molecule has 0 aliphatic heterocycles. The molecular weight excluding hydrogens is 383 g/mol. The lowest BCUT2D eigenvalue weighted by molar-refractivity contribution is -0.185. The maximum atomic E-state index is 12.6. The van der Waals surface area contributed by atoms with Crippen LogP contribution in [-0.2, 0) is 16.1 Å². The molecule has 2 amide bonds. The Kier molecular flexibility index (Phi) is 8.56. The molecule has 0 heterocycles. The Morgan fingerprint density at radius 3 is 2.59 bits per heavy atom. The molecule has 1 fully saturated rings. The Morgan fingerprint density at radius 2 is 2.00 bits per heavy atom. The number of nitrogens with zero attached hydrogens (tertiary/aromatic N) is 1. The number of benzene rings is 1. The van der Waals surface area contributed by atoms with Crippen molar-refractivity contribution in [3.63, 3.8) is 0 Å². The highest BCUT2D eigenvalue weighted by Crippen LogP contribution is 2.25. The number of halogens is 4. The van der Waals surface area contributed by atoms with Crippen molar-refractivity contribution in [2.75, 3.05) is 11.9 Å². The van der Waals surface area contributed by atoms with Gasteiger partial charge in [-0.1, -0.05) is 18.6 Å². The van der Waals surface area contributed by atoms with Crippen molar-refractivity contribution in [2.24, 2.45) is 11.7 Å². The molecular formula is C18H25ClF3N3O2. The molecule has 0 spiro atoms. The summed E-state index contributed by atoms with van der Waals surface area (Å²) in [4.78, 5) is 24.5. The van der Waals surface area contributed by atoms with Gasteiger partial charge in [0.25, 0.3) is 0 Å². The van der Waals surface area contributed by atoms with Crippen LogP contribution in [-0.4, -0.2) is 35.5 Å². The number of amides is 2.